The van der Waals surface area contributed by atoms with E-state index in [4.69, 9.17) is 4.74 Å². The summed E-state index contributed by atoms with van der Waals surface area (Å²) in [6, 6.07) is 5.01. The van der Waals surface area contributed by atoms with Gasteiger partial charge in [-0.3, -0.25) is 4.79 Å². The Hall–Kier alpha value is -2.46. The van der Waals surface area contributed by atoms with Crippen molar-refractivity contribution in [2.75, 3.05) is 33.4 Å². The molecule has 2 N–H and O–H groups in total. The van der Waals surface area contributed by atoms with Crippen molar-refractivity contribution in [1.29, 1.82) is 0 Å². The lowest BCUT2D eigenvalue weighted by Gasteiger charge is -2.37. The van der Waals surface area contributed by atoms with E-state index in [9.17, 15) is 18.0 Å². The number of carbonyl (C=O) groups excluding carboxylic acids is 1. The zero-order chi connectivity index (χ0) is 20.2. The number of para-hydroxylation sites is 1. The fourth-order valence-electron chi connectivity index (χ4n) is 3.39. The molecule has 10 heteroatoms. The van der Waals surface area contributed by atoms with Crippen LogP contribution >= 0.6 is 0 Å². The maximum atomic E-state index is 13.2. The maximum absolute atomic E-state index is 13.2. The molecule has 1 aliphatic heterocycles. The van der Waals surface area contributed by atoms with Crippen LogP contribution in [0.2, 0.25) is 0 Å². The number of benzene rings is 1. The third-order valence-electron chi connectivity index (χ3n) is 4.92. The molecule has 1 aliphatic rings. The molecule has 2 aromatic rings. The summed E-state index contributed by atoms with van der Waals surface area (Å²) in [5.41, 5.74) is -1.25. The van der Waals surface area contributed by atoms with Gasteiger partial charge in [0.2, 0.25) is 0 Å². The van der Waals surface area contributed by atoms with Crippen LogP contribution in [0.5, 0.6) is 0 Å². The van der Waals surface area contributed by atoms with Crippen molar-refractivity contribution >= 4 is 5.91 Å². The highest BCUT2D eigenvalue weighted by Crippen LogP contribution is 2.33. The van der Waals surface area contributed by atoms with Crippen molar-refractivity contribution in [2.24, 2.45) is 5.41 Å². The van der Waals surface area contributed by atoms with Crippen LogP contribution in [0.3, 0.4) is 0 Å². The number of alkyl halides is 3. The number of hydrogen-bond acceptors (Lipinski definition) is 5. The van der Waals surface area contributed by atoms with Crippen LogP contribution in [0.1, 0.15) is 28.9 Å². The van der Waals surface area contributed by atoms with E-state index in [2.05, 4.69) is 20.9 Å². The summed E-state index contributed by atoms with van der Waals surface area (Å²) in [7, 11) is 1.62. The Bertz CT molecular complexity index is 810. The molecule has 1 aromatic carbocycles. The maximum Gasteiger partial charge on any atom is 0.418 e. The van der Waals surface area contributed by atoms with Gasteiger partial charge in [-0.1, -0.05) is 17.3 Å². The third-order valence-corrected chi connectivity index (χ3v) is 4.92. The molecule has 28 heavy (non-hydrogen) atoms. The first-order valence-electron chi connectivity index (χ1n) is 8.91. The summed E-state index contributed by atoms with van der Waals surface area (Å²) >= 11 is 0. The minimum absolute atomic E-state index is 0.0431. The summed E-state index contributed by atoms with van der Waals surface area (Å²) in [5.74, 6) is -0.482. The highest BCUT2D eigenvalue weighted by Gasteiger charge is 2.35. The predicted octanol–water partition coefficient (Wildman–Crippen LogP) is 2.03. The van der Waals surface area contributed by atoms with Crippen LogP contribution in [0.4, 0.5) is 13.2 Å². The van der Waals surface area contributed by atoms with Gasteiger partial charge in [0, 0.05) is 19.1 Å². The molecule has 1 fully saturated rings. The number of ether oxygens (including phenoxy) is 1. The van der Waals surface area contributed by atoms with Crippen LogP contribution in [0.15, 0.2) is 30.5 Å². The van der Waals surface area contributed by atoms with Gasteiger partial charge >= 0.3 is 6.18 Å². The van der Waals surface area contributed by atoms with Crippen LogP contribution in [-0.4, -0.2) is 54.3 Å². The fraction of sp³-hybridized carbons (Fsp3) is 0.500. The van der Waals surface area contributed by atoms with Gasteiger partial charge in [-0.15, -0.1) is 5.10 Å². The van der Waals surface area contributed by atoms with Crippen LogP contribution in [-0.2, 0) is 10.9 Å². The quantitative estimate of drug-likeness (QED) is 0.780. The molecule has 1 amide bonds. The minimum atomic E-state index is -4.54. The molecule has 7 nitrogen and oxygen atoms in total. The number of aromatic nitrogens is 3. The van der Waals surface area contributed by atoms with E-state index < -0.39 is 17.6 Å². The number of methoxy groups -OCH3 is 1. The minimum Gasteiger partial charge on any atom is -0.384 e. The molecule has 0 bridgehead atoms. The summed E-state index contributed by atoms with van der Waals surface area (Å²) in [4.78, 5) is 12.5. The van der Waals surface area contributed by atoms with E-state index in [1.807, 2.05) is 0 Å². The van der Waals surface area contributed by atoms with E-state index in [1.165, 1.54) is 24.4 Å². The Morgan fingerprint density at radius 2 is 2.04 bits per heavy atom. The van der Waals surface area contributed by atoms with Gasteiger partial charge in [-0.05, 0) is 38.1 Å². The number of halogens is 3. The Morgan fingerprint density at radius 3 is 2.71 bits per heavy atom. The number of hydrogen-bond donors (Lipinski definition) is 2. The van der Waals surface area contributed by atoms with Gasteiger partial charge in [-0.25, -0.2) is 4.68 Å². The Morgan fingerprint density at radius 1 is 1.32 bits per heavy atom. The van der Waals surface area contributed by atoms with Crippen molar-refractivity contribution in [3.05, 3.63) is 41.7 Å². The summed E-state index contributed by atoms with van der Waals surface area (Å²) in [6.45, 7) is 2.58. The van der Waals surface area contributed by atoms with Crippen LogP contribution in [0, 0.1) is 5.41 Å². The SMILES string of the molecule is COCC1(CNC(=O)c2cn(-c3ccccc3C(F)(F)F)nn2)CCNCC1. The lowest BCUT2D eigenvalue weighted by Crippen LogP contribution is -2.47. The normalized spacial score (nSPS) is 16.7. The zero-order valence-electron chi connectivity index (χ0n) is 15.4. The Balaban J connectivity index is 1.73. The molecule has 1 saturated heterocycles. The average Bonchev–Trinajstić information content (AvgIpc) is 3.17. The van der Waals surface area contributed by atoms with Gasteiger partial charge in [0.05, 0.1) is 24.1 Å². The first-order valence-corrected chi connectivity index (χ1v) is 8.91. The monoisotopic (exact) mass is 397 g/mol. The molecule has 0 aliphatic carbocycles. The van der Waals surface area contributed by atoms with E-state index >= 15 is 0 Å². The van der Waals surface area contributed by atoms with E-state index in [-0.39, 0.29) is 16.8 Å². The number of nitrogens with zero attached hydrogens (tertiary/aromatic N) is 3. The zero-order valence-corrected chi connectivity index (χ0v) is 15.4. The average molecular weight is 397 g/mol. The van der Waals surface area contributed by atoms with E-state index in [1.54, 1.807) is 7.11 Å². The fourth-order valence-corrected chi connectivity index (χ4v) is 3.39. The van der Waals surface area contributed by atoms with Crippen molar-refractivity contribution in [3.63, 3.8) is 0 Å². The van der Waals surface area contributed by atoms with Gasteiger partial charge in [0.25, 0.3) is 5.91 Å². The van der Waals surface area contributed by atoms with Crippen molar-refractivity contribution in [2.45, 2.75) is 19.0 Å². The first kappa shape index (κ1) is 20.3. The topological polar surface area (TPSA) is 81.1 Å². The van der Waals surface area contributed by atoms with Crippen LogP contribution in [0.25, 0.3) is 5.69 Å². The lowest BCUT2D eigenvalue weighted by molar-refractivity contribution is -0.137. The standard InChI is InChI=1S/C18H22F3N5O2/c1-28-12-17(6-8-22-9-7-17)11-23-16(27)14-10-26(25-24-14)15-5-3-2-4-13(15)18(19,20)21/h2-5,10,22H,6-9,11-12H2,1H3,(H,23,27). The lowest BCUT2D eigenvalue weighted by atomic mass is 9.79. The molecular formula is C18H22F3N5O2. The molecule has 0 spiro atoms. The summed E-state index contributed by atoms with van der Waals surface area (Å²) in [6.07, 6.45) is -1.63. The molecule has 2 heterocycles. The Kier molecular flexibility index (Phi) is 5.99. The number of amides is 1. The third kappa shape index (κ3) is 4.50. The smallest absolute Gasteiger partial charge is 0.384 e. The van der Waals surface area contributed by atoms with Gasteiger partial charge in [-0.2, -0.15) is 13.2 Å². The number of nitrogens with one attached hydrogen (secondary N) is 2. The van der Waals surface area contributed by atoms with Gasteiger partial charge in [0.1, 0.15) is 0 Å². The summed E-state index contributed by atoms with van der Waals surface area (Å²) < 4.78 is 45.8. The largest absolute Gasteiger partial charge is 0.418 e. The molecule has 0 radical (unpaired) electrons. The van der Waals surface area contributed by atoms with Gasteiger partial charge in [0.15, 0.2) is 5.69 Å². The highest BCUT2D eigenvalue weighted by molar-refractivity contribution is 5.91. The van der Waals surface area contributed by atoms with Crippen molar-refractivity contribution in [3.8, 4) is 5.69 Å². The molecular weight excluding hydrogens is 375 g/mol. The number of rotatable bonds is 6. The number of piperidine rings is 1. The first-order chi connectivity index (χ1) is 13.3. The van der Waals surface area contributed by atoms with Gasteiger partial charge < -0.3 is 15.4 Å². The predicted molar refractivity (Wildman–Crippen MR) is 95.1 cm³/mol. The molecule has 1 aromatic heterocycles. The molecule has 0 unspecified atom stereocenters. The molecule has 0 atom stereocenters. The summed E-state index contributed by atoms with van der Waals surface area (Å²) in [5, 5.41) is 13.5. The van der Waals surface area contributed by atoms with Crippen molar-refractivity contribution < 1.29 is 22.7 Å². The molecule has 152 valence electrons. The van der Waals surface area contributed by atoms with E-state index in [0.717, 1.165) is 36.7 Å². The second kappa shape index (κ2) is 8.27. The van der Waals surface area contributed by atoms with Crippen molar-refractivity contribution in [1.82, 2.24) is 25.6 Å². The second-order valence-corrected chi connectivity index (χ2v) is 6.93. The van der Waals surface area contributed by atoms with E-state index in [0.29, 0.717) is 13.2 Å². The van der Waals surface area contributed by atoms with Crippen LogP contribution < -0.4 is 10.6 Å². The molecule has 3 rings (SSSR count). The number of carbonyl (C=O) groups is 1. The second-order valence-electron chi connectivity index (χ2n) is 6.93. The Labute approximate surface area is 160 Å². The molecule has 0 saturated carbocycles. The highest BCUT2D eigenvalue weighted by atomic mass is 19.4.